The molecule has 11 heteroatoms. The van der Waals surface area contributed by atoms with E-state index in [2.05, 4.69) is 16.0 Å². The molecule has 194 valence electrons. The zero-order valence-electron chi connectivity index (χ0n) is 20.0. The largest absolute Gasteiger partial charge is 0.508 e. The summed E-state index contributed by atoms with van der Waals surface area (Å²) in [6, 6.07) is 12.3. The number of aromatic hydroxyl groups is 1. The Morgan fingerprint density at radius 1 is 0.889 bits per heavy atom. The van der Waals surface area contributed by atoms with Gasteiger partial charge in [-0.05, 0) is 48.1 Å². The first kappa shape index (κ1) is 28.7. The quantitative estimate of drug-likeness (QED) is 0.210. The summed E-state index contributed by atoms with van der Waals surface area (Å²) in [7, 11) is 0. The smallest absolute Gasteiger partial charge is 0.326 e. The molecule has 0 heterocycles. The van der Waals surface area contributed by atoms with E-state index in [0.717, 1.165) is 5.56 Å². The number of benzene rings is 2. The van der Waals surface area contributed by atoms with Crippen LogP contribution >= 0.6 is 11.8 Å². The van der Waals surface area contributed by atoms with Crippen molar-refractivity contribution >= 4 is 35.5 Å². The predicted molar refractivity (Wildman–Crippen MR) is 137 cm³/mol. The van der Waals surface area contributed by atoms with Crippen molar-refractivity contribution in [3.8, 4) is 5.75 Å². The van der Waals surface area contributed by atoms with Crippen LogP contribution in [0, 0.1) is 0 Å². The number of hydrogen-bond donors (Lipinski definition) is 6. The molecule has 2 rings (SSSR count). The highest BCUT2D eigenvalue weighted by molar-refractivity contribution is 7.98. The Morgan fingerprint density at radius 3 is 2.14 bits per heavy atom. The number of carbonyl (C=O) groups excluding carboxylic acids is 3. The molecule has 0 saturated carbocycles. The number of carboxylic acids is 1. The average Bonchev–Trinajstić information content (AvgIpc) is 2.86. The van der Waals surface area contributed by atoms with E-state index < -0.39 is 48.4 Å². The fourth-order valence-corrected chi connectivity index (χ4v) is 3.82. The van der Waals surface area contributed by atoms with Gasteiger partial charge in [-0.2, -0.15) is 11.8 Å². The molecule has 3 atom stereocenters. The molecular weight excluding hydrogens is 484 g/mol. The number of rotatable bonds is 14. The number of nitrogens with one attached hydrogen (secondary N) is 3. The standard InChI is InChI=1S/C25H32N4O6S/c1-36-12-11-20(25(34)35)28-22(31)15-27-24(33)21(14-17-7-9-18(30)10-8-17)29-23(32)19(26)13-16-5-3-2-4-6-16/h2-10,19-21,30H,11-15,26H2,1H3,(H,27,33)(H,28,31)(H,29,32)(H,34,35). The van der Waals surface area contributed by atoms with Crippen LogP contribution in [0.4, 0.5) is 0 Å². The lowest BCUT2D eigenvalue weighted by atomic mass is 10.0. The number of carbonyl (C=O) groups is 4. The molecule has 36 heavy (non-hydrogen) atoms. The van der Waals surface area contributed by atoms with Crippen molar-refractivity contribution in [2.75, 3.05) is 18.6 Å². The van der Waals surface area contributed by atoms with E-state index in [1.54, 1.807) is 12.1 Å². The Morgan fingerprint density at radius 2 is 1.53 bits per heavy atom. The third kappa shape index (κ3) is 9.96. The van der Waals surface area contributed by atoms with Crippen LogP contribution in [0.3, 0.4) is 0 Å². The number of hydrogen-bond acceptors (Lipinski definition) is 7. The molecular formula is C25H32N4O6S. The van der Waals surface area contributed by atoms with Crippen molar-refractivity contribution in [2.24, 2.45) is 5.73 Å². The van der Waals surface area contributed by atoms with Gasteiger partial charge in [0.05, 0.1) is 12.6 Å². The van der Waals surface area contributed by atoms with Crippen LogP contribution in [-0.4, -0.2) is 70.6 Å². The SMILES string of the molecule is CSCCC(NC(=O)CNC(=O)C(Cc1ccc(O)cc1)NC(=O)C(N)Cc1ccccc1)C(=O)O. The van der Waals surface area contributed by atoms with Gasteiger partial charge in [0.2, 0.25) is 17.7 Å². The number of carboxylic acid groups (broad SMARTS) is 1. The molecule has 0 bridgehead atoms. The maximum Gasteiger partial charge on any atom is 0.326 e. The van der Waals surface area contributed by atoms with Gasteiger partial charge in [-0.25, -0.2) is 4.79 Å². The predicted octanol–water partition coefficient (Wildman–Crippen LogP) is 0.428. The van der Waals surface area contributed by atoms with E-state index in [4.69, 9.17) is 5.73 Å². The number of phenols is 1. The van der Waals surface area contributed by atoms with Crippen LogP contribution in [0.15, 0.2) is 54.6 Å². The highest BCUT2D eigenvalue weighted by atomic mass is 32.2. The van der Waals surface area contributed by atoms with Gasteiger partial charge in [0.1, 0.15) is 17.8 Å². The van der Waals surface area contributed by atoms with E-state index in [0.29, 0.717) is 11.3 Å². The van der Waals surface area contributed by atoms with Gasteiger partial charge in [0.25, 0.3) is 0 Å². The molecule has 0 radical (unpaired) electrons. The van der Waals surface area contributed by atoms with Gasteiger partial charge >= 0.3 is 5.97 Å². The van der Waals surface area contributed by atoms with E-state index in [1.165, 1.54) is 23.9 Å². The van der Waals surface area contributed by atoms with Crippen molar-refractivity contribution in [2.45, 2.75) is 37.4 Å². The fourth-order valence-electron chi connectivity index (χ4n) is 3.35. The first-order valence-corrected chi connectivity index (χ1v) is 12.8. The minimum Gasteiger partial charge on any atom is -0.508 e. The normalized spacial score (nSPS) is 13.2. The highest BCUT2D eigenvalue weighted by Crippen LogP contribution is 2.12. The van der Waals surface area contributed by atoms with Gasteiger partial charge < -0.3 is 31.9 Å². The van der Waals surface area contributed by atoms with Crippen LogP contribution < -0.4 is 21.7 Å². The molecule has 10 nitrogen and oxygen atoms in total. The Labute approximate surface area is 214 Å². The molecule has 0 aliphatic heterocycles. The number of thioether (sulfide) groups is 1. The molecule has 0 aliphatic rings. The lowest BCUT2D eigenvalue weighted by Crippen LogP contribution is -2.54. The fraction of sp³-hybridized carbons (Fsp3) is 0.360. The summed E-state index contributed by atoms with van der Waals surface area (Å²) in [4.78, 5) is 49.3. The lowest BCUT2D eigenvalue weighted by Gasteiger charge is -2.21. The monoisotopic (exact) mass is 516 g/mol. The average molecular weight is 517 g/mol. The van der Waals surface area contributed by atoms with Crippen LogP contribution in [0.25, 0.3) is 0 Å². The summed E-state index contributed by atoms with van der Waals surface area (Å²) in [5.41, 5.74) is 7.59. The van der Waals surface area contributed by atoms with Crippen LogP contribution in [0.2, 0.25) is 0 Å². The first-order chi connectivity index (χ1) is 17.2. The van der Waals surface area contributed by atoms with Gasteiger partial charge in [-0.1, -0.05) is 42.5 Å². The van der Waals surface area contributed by atoms with Gasteiger partial charge in [0.15, 0.2) is 0 Å². The van der Waals surface area contributed by atoms with Crippen LogP contribution in [-0.2, 0) is 32.0 Å². The number of nitrogens with two attached hydrogens (primary N) is 1. The maximum absolute atomic E-state index is 12.9. The van der Waals surface area contributed by atoms with Crippen LogP contribution in [0.5, 0.6) is 5.75 Å². The topological polar surface area (TPSA) is 171 Å². The second-order valence-electron chi connectivity index (χ2n) is 8.19. The molecule has 3 amide bonds. The summed E-state index contributed by atoms with van der Waals surface area (Å²) < 4.78 is 0. The van der Waals surface area contributed by atoms with Gasteiger partial charge in [0, 0.05) is 6.42 Å². The molecule has 2 aromatic carbocycles. The molecule has 0 spiro atoms. The Hall–Kier alpha value is -3.57. The van der Waals surface area contributed by atoms with Crippen molar-refractivity contribution in [1.82, 2.24) is 16.0 Å². The summed E-state index contributed by atoms with van der Waals surface area (Å²) in [6.07, 6.45) is 2.43. The zero-order valence-corrected chi connectivity index (χ0v) is 20.8. The Kier molecular flexibility index (Phi) is 11.7. The second-order valence-corrected chi connectivity index (χ2v) is 9.17. The zero-order chi connectivity index (χ0) is 26.5. The van der Waals surface area contributed by atoms with Gasteiger partial charge in [-0.15, -0.1) is 0 Å². The third-order valence-corrected chi connectivity index (χ3v) is 5.96. The van der Waals surface area contributed by atoms with Crippen molar-refractivity contribution < 1.29 is 29.4 Å². The van der Waals surface area contributed by atoms with E-state index >= 15 is 0 Å². The lowest BCUT2D eigenvalue weighted by molar-refractivity contribution is -0.141. The molecule has 2 aromatic rings. The van der Waals surface area contributed by atoms with E-state index in [9.17, 15) is 29.4 Å². The van der Waals surface area contributed by atoms with E-state index in [-0.39, 0.29) is 25.0 Å². The molecule has 3 unspecified atom stereocenters. The molecule has 7 N–H and O–H groups in total. The highest BCUT2D eigenvalue weighted by Gasteiger charge is 2.25. The molecule has 0 aromatic heterocycles. The second kappa shape index (κ2) is 14.7. The number of phenolic OH excluding ortho intramolecular Hbond substituents is 1. The molecule has 0 aliphatic carbocycles. The van der Waals surface area contributed by atoms with Crippen LogP contribution in [0.1, 0.15) is 17.5 Å². The minimum absolute atomic E-state index is 0.0554. The Bertz CT molecular complexity index is 1020. The molecule has 0 saturated heterocycles. The summed E-state index contributed by atoms with van der Waals surface area (Å²) in [5, 5.41) is 26.3. The summed E-state index contributed by atoms with van der Waals surface area (Å²) >= 11 is 1.46. The first-order valence-electron chi connectivity index (χ1n) is 11.4. The van der Waals surface area contributed by atoms with Crippen molar-refractivity contribution in [3.05, 3.63) is 65.7 Å². The summed E-state index contributed by atoms with van der Waals surface area (Å²) in [6.45, 7) is -0.458. The number of amides is 3. The Balaban J connectivity index is 2.03. The summed E-state index contributed by atoms with van der Waals surface area (Å²) in [5.74, 6) is -2.38. The maximum atomic E-state index is 12.9. The third-order valence-electron chi connectivity index (χ3n) is 5.31. The number of aliphatic carboxylic acids is 1. The van der Waals surface area contributed by atoms with Gasteiger partial charge in [-0.3, -0.25) is 14.4 Å². The van der Waals surface area contributed by atoms with Crippen molar-refractivity contribution in [1.29, 1.82) is 0 Å². The van der Waals surface area contributed by atoms with E-state index in [1.807, 2.05) is 36.6 Å². The van der Waals surface area contributed by atoms with Crippen molar-refractivity contribution in [3.63, 3.8) is 0 Å². The minimum atomic E-state index is -1.16. The molecule has 0 fully saturated rings.